The van der Waals surface area contributed by atoms with E-state index >= 15 is 0 Å². The Balaban J connectivity index is 1.92. The highest BCUT2D eigenvalue weighted by Crippen LogP contribution is 2.13. The average Bonchev–Trinajstić information content (AvgIpc) is 2.39. The zero-order valence-corrected chi connectivity index (χ0v) is 9.80. The molecule has 1 saturated heterocycles. The zero-order valence-electron chi connectivity index (χ0n) is 9.80. The molecule has 92 valence electrons. The van der Waals surface area contributed by atoms with Gasteiger partial charge in [-0.15, -0.1) is 0 Å². The predicted molar refractivity (Wildman–Crippen MR) is 62.7 cm³/mol. The van der Waals surface area contributed by atoms with Crippen molar-refractivity contribution < 1.29 is 9.53 Å². The molecule has 1 aliphatic rings. The SMILES string of the molecule is COC(=O)N1CCCC(Nc2ncccn2)C1. The van der Waals surface area contributed by atoms with Gasteiger partial charge in [-0.3, -0.25) is 0 Å². The number of hydrogen-bond donors (Lipinski definition) is 1. The van der Waals surface area contributed by atoms with Crippen molar-refractivity contribution >= 4 is 12.0 Å². The summed E-state index contributed by atoms with van der Waals surface area (Å²) in [5.74, 6) is 0.601. The lowest BCUT2D eigenvalue weighted by molar-refractivity contribution is 0.113. The molecule has 17 heavy (non-hydrogen) atoms. The lowest BCUT2D eigenvalue weighted by atomic mass is 10.1. The summed E-state index contributed by atoms with van der Waals surface area (Å²) in [4.78, 5) is 21.3. The number of hydrogen-bond acceptors (Lipinski definition) is 5. The van der Waals surface area contributed by atoms with Gasteiger partial charge in [-0.25, -0.2) is 14.8 Å². The highest BCUT2D eigenvalue weighted by molar-refractivity contribution is 5.67. The number of amides is 1. The molecule has 1 amide bonds. The van der Waals surface area contributed by atoms with Gasteiger partial charge in [-0.05, 0) is 18.9 Å². The number of rotatable bonds is 2. The van der Waals surface area contributed by atoms with Crippen molar-refractivity contribution in [1.29, 1.82) is 0 Å². The Morgan fingerprint density at radius 3 is 3.00 bits per heavy atom. The van der Waals surface area contributed by atoms with E-state index in [-0.39, 0.29) is 12.1 Å². The standard InChI is InChI=1S/C11H16N4O2/c1-17-11(16)15-7-2-4-9(8-15)14-10-12-5-3-6-13-10/h3,5-6,9H,2,4,7-8H2,1H3,(H,12,13,14). The Morgan fingerprint density at radius 1 is 1.53 bits per heavy atom. The van der Waals surface area contributed by atoms with Gasteiger partial charge in [0.2, 0.25) is 5.95 Å². The number of likely N-dealkylation sites (tertiary alicyclic amines) is 1. The van der Waals surface area contributed by atoms with E-state index in [4.69, 9.17) is 4.74 Å². The molecule has 1 aliphatic heterocycles. The molecule has 1 fully saturated rings. The largest absolute Gasteiger partial charge is 0.453 e. The van der Waals surface area contributed by atoms with Crippen LogP contribution in [0.15, 0.2) is 18.5 Å². The molecule has 0 aromatic carbocycles. The van der Waals surface area contributed by atoms with Crippen LogP contribution in [0.3, 0.4) is 0 Å². The van der Waals surface area contributed by atoms with E-state index in [1.165, 1.54) is 7.11 Å². The second-order valence-corrected chi connectivity index (χ2v) is 3.97. The molecule has 1 aromatic heterocycles. The number of nitrogens with zero attached hydrogens (tertiary/aromatic N) is 3. The second-order valence-electron chi connectivity index (χ2n) is 3.97. The molecule has 1 aromatic rings. The van der Waals surface area contributed by atoms with Crippen LogP contribution in [0, 0.1) is 0 Å². The van der Waals surface area contributed by atoms with Crippen molar-refractivity contribution in [1.82, 2.24) is 14.9 Å². The fourth-order valence-electron chi connectivity index (χ4n) is 1.95. The second kappa shape index (κ2) is 5.47. The summed E-state index contributed by atoms with van der Waals surface area (Å²) in [6.07, 6.45) is 5.07. The van der Waals surface area contributed by atoms with Crippen molar-refractivity contribution in [2.24, 2.45) is 0 Å². The van der Waals surface area contributed by atoms with Crippen LogP contribution in [-0.2, 0) is 4.74 Å². The molecule has 2 rings (SSSR count). The zero-order chi connectivity index (χ0) is 12.1. The third-order valence-electron chi connectivity index (χ3n) is 2.75. The number of piperidine rings is 1. The minimum atomic E-state index is -0.273. The molecule has 1 unspecified atom stereocenters. The van der Waals surface area contributed by atoms with Gasteiger partial charge in [0.05, 0.1) is 7.11 Å². The lowest BCUT2D eigenvalue weighted by Gasteiger charge is -2.31. The summed E-state index contributed by atoms with van der Waals surface area (Å²) in [6, 6.07) is 1.96. The number of aromatic nitrogens is 2. The summed E-state index contributed by atoms with van der Waals surface area (Å²) >= 11 is 0. The fraction of sp³-hybridized carbons (Fsp3) is 0.545. The summed E-state index contributed by atoms with van der Waals surface area (Å²) in [7, 11) is 1.40. The monoisotopic (exact) mass is 236 g/mol. The first kappa shape index (κ1) is 11.6. The van der Waals surface area contributed by atoms with Gasteiger partial charge < -0.3 is 15.0 Å². The lowest BCUT2D eigenvalue weighted by Crippen LogP contribution is -2.45. The van der Waals surface area contributed by atoms with Gasteiger partial charge in [0, 0.05) is 31.5 Å². The van der Waals surface area contributed by atoms with Gasteiger partial charge in [0.15, 0.2) is 0 Å². The molecule has 2 heterocycles. The minimum Gasteiger partial charge on any atom is -0.453 e. The molecule has 0 aliphatic carbocycles. The Bertz CT molecular complexity index is 371. The molecular formula is C11H16N4O2. The molecule has 0 bridgehead atoms. The van der Waals surface area contributed by atoms with Crippen LogP contribution >= 0.6 is 0 Å². The maximum absolute atomic E-state index is 11.4. The molecular weight excluding hydrogens is 220 g/mol. The average molecular weight is 236 g/mol. The van der Waals surface area contributed by atoms with Gasteiger partial charge in [0.1, 0.15) is 0 Å². The van der Waals surface area contributed by atoms with Gasteiger partial charge in [-0.2, -0.15) is 0 Å². The predicted octanol–water partition coefficient (Wildman–Crippen LogP) is 1.12. The van der Waals surface area contributed by atoms with Crippen LogP contribution in [0.5, 0.6) is 0 Å². The van der Waals surface area contributed by atoms with Crippen LogP contribution in [-0.4, -0.2) is 47.2 Å². The number of carbonyl (C=O) groups excluding carboxylic acids is 1. The molecule has 1 N–H and O–H groups in total. The molecule has 0 radical (unpaired) electrons. The van der Waals surface area contributed by atoms with Crippen molar-refractivity contribution in [2.75, 3.05) is 25.5 Å². The van der Waals surface area contributed by atoms with Crippen LogP contribution in [0.4, 0.5) is 10.7 Å². The number of nitrogens with one attached hydrogen (secondary N) is 1. The van der Waals surface area contributed by atoms with E-state index in [1.54, 1.807) is 23.4 Å². The maximum Gasteiger partial charge on any atom is 0.409 e. The third-order valence-corrected chi connectivity index (χ3v) is 2.75. The van der Waals surface area contributed by atoms with Gasteiger partial charge in [-0.1, -0.05) is 0 Å². The van der Waals surface area contributed by atoms with Crippen LogP contribution in [0.2, 0.25) is 0 Å². The minimum absolute atomic E-state index is 0.185. The highest BCUT2D eigenvalue weighted by atomic mass is 16.5. The maximum atomic E-state index is 11.4. The smallest absolute Gasteiger partial charge is 0.409 e. The quantitative estimate of drug-likeness (QED) is 0.833. The van der Waals surface area contributed by atoms with Crippen LogP contribution in [0.1, 0.15) is 12.8 Å². The molecule has 1 atom stereocenters. The summed E-state index contributed by atoms with van der Waals surface area (Å²) in [5, 5.41) is 3.22. The molecule has 0 spiro atoms. The number of methoxy groups -OCH3 is 1. The molecule has 6 heteroatoms. The summed E-state index contributed by atoms with van der Waals surface area (Å²) in [6.45, 7) is 1.38. The van der Waals surface area contributed by atoms with E-state index in [1.807, 2.05) is 0 Å². The first-order valence-electron chi connectivity index (χ1n) is 5.66. The van der Waals surface area contributed by atoms with E-state index in [9.17, 15) is 4.79 Å². The van der Waals surface area contributed by atoms with Crippen molar-refractivity contribution in [3.05, 3.63) is 18.5 Å². The van der Waals surface area contributed by atoms with Crippen molar-refractivity contribution in [3.63, 3.8) is 0 Å². The number of carbonyl (C=O) groups is 1. The van der Waals surface area contributed by atoms with E-state index in [0.29, 0.717) is 12.5 Å². The topological polar surface area (TPSA) is 67.3 Å². The van der Waals surface area contributed by atoms with E-state index in [0.717, 1.165) is 19.4 Å². The van der Waals surface area contributed by atoms with Gasteiger partial charge in [0.25, 0.3) is 0 Å². The summed E-state index contributed by atoms with van der Waals surface area (Å²) < 4.78 is 4.72. The Morgan fingerprint density at radius 2 is 2.29 bits per heavy atom. The number of ether oxygens (including phenoxy) is 1. The van der Waals surface area contributed by atoms with E-state index in [2.05, 4.69) is 15.3 Å². The first-order chi connectivity index (χ1) is 8.29. The van der Waals surface area contributed by atoms with E-state index < -0.39 is 0 Å². The normalized spacial score (nSPS) is 19.8. The third kappa shape index (κ3) is 3.05. The first-order valence-corrected chi connectivity index (χ1v) is 5.66. The fourth-order valence-corrected chi connectivity index (χ4v) is 1.95. The van der Waals surface area contributed by atoms with Gasteiger partial charge >= 0.3 is 6.09 Å². The molecule has 0 saturated carbocycles. The number of anilines is 1. The van der Waals surface area contributed by atoms with Crippen LogP contribution in [0.25, 0.3) is 0 Å². The Kier molecular flexibility index (Phi) is 3.74. The Labute approximate surface area is 100 Å². The van der Waals surface area contributed by atoms with Crippen molar-refractivity contribution in [3.8, 4) is 0 Å². The van der Waals surface area contributed by atoms with Crippen molar-refractivity contribution in [2.45, 2.75) is 18.9 Å². The van der Waals surface area contributed by atoms with Crippen LogP contribution < -0.4 is 5.32 Å². The Hall–Kier alpha value is -1.85. The molecule has 6 nitrogen and oxygen atoms in total. The summed E-state index contributed by atoms with van der Waals surface area (Å²) in [5.41, 5.74) is 0. The highest BCUT2D eigenvalue weighted by Gasteiger charge is 2.24.